The van der Waals surface area contributed by atoms with Crippen LogP contribution >= 0.6 is 0 Å². The minimum atomic E-state index is -0.0906. The SMILES string of the molecule is O=C(CC1CCCC1)OCc1ccc2n[nH]nc2c1. The van der Waals surface area contributed by atoms with Crippen molar-refractivity contribution in [3.8, 4) is 0 Å². The molecule has 1 saturated carbocycles. The molecule has 0 amide bonds. The number of rotatable bonds is 4. The fourth-order valence-corrected chi connectivity index (χ4v) is 2.65. The van der Waals surface area contributed by atoms with Gasteiger partial charge in [-0.2, -0.15) is 15.4 Å². The van der Waals surface area contributed by atoms with Crippen LogP contribution in [0.3, 0.4) is 0 Å². The Labute approximate surface area is 111 Å². The van der Waals surface area contributed by atoms with Crippen molar-refractivity contribution in [2.24, 2.45) is 5.92 Å². The summed E-state index contributed by atoms with van der Waals surface area (Å²) in [6.45, 7) is 0.314. The van der Waals surface area contributed by atoms with Gasteiger partial charge < -0.3 is 4.74 Å². The molecule has 0 bridgehead atoms. The predicted octanol–water partition coefficient (Wildman–Crippen LogP) is 2.58. The Morgan fingerprint density at radius 2 is 2.05 bits per heavy atom. The van der Waals surface area contributed by atoms with E-state index < -0.39 is 0 Å². The third kappa shape index (κ3) is 2.92. The highest BCUT2D eigenvalue weighted by atomic mass is 16.5. The van der Waals surface area contributed by atoms with Crippen LogP contribution in [-0.2, 0) is 16.1 Å². The van der Waals surface area contributed by atoms with Crippen LogP contribution in [0.4, 0.5) is 0 Å². The van der Waals surface area contributed by atoms with E-state index in [1.165, 1.54) is 25.7 Å². The van der Waals surface area contributed by atoms with Gasteiger partial charge >= 0.3 is 5.97 Å². The van der Waals surface area contributed by atoms with Crippen LogP contribution in [0, 0.1) is 5.92 Å². The molecule has 1 aliphatic carbocycles. The van der Waals surface area contributed by atoms with Crippen molar-refractivity contribution in [2.75, 3.05) is 0 Å². The maximum Gasteiger partial charge on any atom is 0.306 e. The molecule has 5 nitrogen and oxygen atoms in total. The van der Waals surface area contributed by atoms with Crippen LogP contribution in [0.2, 0.25) is 0 Å². The van der Waals surface area contributed by atoms with E-state index in [0.717, 1.165) is 16.6 Å². The molecule has 1 aromatic carbocycles. The Hall–Kier alpha value is -1.91. The van der Waals surface area contributed by atoms with Crippen molar-refractivity contribution in [3.63, 3.8) is 0 Å². The fourth-order valence-electron chi connectivity index (χ4n) is 2.65. The summed E-state index contributed by atoms with van der Waals surface area (Å²) < 4.78 is 5.32. The van der Waals surface area contributed by atoms with Gasteiger partial charge in [-0.3, -0.25) is 4.79 Å². The van der Waals surface area contributed by atoms with Crippen molar-refractivity contribution in [1.29, 1.82) is 0 Å². The van der Waals surface area contributed by atoms with E-state index in [-0.39, 0.29) is 5.97 Å². The Morgan fingerprint density at radius 1 is 1.26 bits per heavy atom. The molecule has 100 valence electrons. The van der Waals surface area contributed by atoms with Crippen LogP contribution < -0.4 is 0 Å². The number of carbonyl (C=O) groups is 1. The molecule has 1 heterocycles. The molecule has 0 unspecified atom stereocenters. The Bertz CT molecular complexity index is 573. The first kappa shape index (κ1) is 12.1. The average molecular weight is 259 g/mol. The summed E-state index contributed by atoms with van der Waals surface area (Å²) in [5.41, 5.74) is 2.56. The van der Waals surface area contributed by atoms with E-state index in [0.29, 0.717) is 18.9 Å². The van der Waals surface area contributed by atoms with Crippen LogP contribution in [0.5, 0.6) is 0 Å². The highest BCUT2D eigenvalue weighted by Crippen LogP contribution is 2.27. The lowest BCUT2D eigenvalue weighted by molar-refractivity contribution is -0.146. The van der Waals surface area contributed by atoms with Crippen molar-refractivity contribution < 1.29 is 9.53 Å². The molecule has 0 saturated heterocycles. The normalized spacial score (nSPS) is 16.0. The summed E-state index contributed by atoms with van der Waals surface area (Å²) in [5, 5.41) is 10.6. The highest BCUT2D eigenvalue weighted by Gasteiger charge is 2.19. The van der Waals surface area contributed by atoms with Gasteiger partial charge in [-0.1, -0.05) is 18.9 Å². The molecular formula is C14H17N3O2. The van der Waals surface area contributed by atoms with Crippen molar-refractivity contribution in [2.45, 2.75) is 38.7 Å². The quantitative estimate of drug-likeness (QED) is 0.857. The number of ether oxygens (including phenoxy) is 1. The second-order valence-electron chi connectivity index (χ2n) is 5.16. The molecule has 2 aromatic rings. The molecule has 1 aromatic heterocycles. The first-order chi connectivity index (χ1) is 9.31. The monoisotopic (exact) mass is 259 g/mol. The number of esters is 1. The number of fused-ring (bicyclic) bond motifs is 1. The Kier molecular flexibility index (Phi) is 3.44. The highest BCUT2D eigenvalue weighted by molar-refractivity contribution is 5.74. The van der Waals surface area contributed by atoms with Gasteiger partial charge in [0.1, 0.15) is 17.6 Å². The van der Waals surface area contributed by atoms with E-state index in [9.17, 15) is 4.79 Å². The van der Waals surface area contributed by atoms with Crippen molar-refractivity contribution in [1.82, 2.24) is 15.4 Å². The average Bonchev–Trinajstić information content (AvgIpc) is 3.06. The van der Waals surface area contributed by atoms with E-state index in [4.69, 9.17) is 4.74 Å². The lowest BCUT2D eigenvalue weighted by Crippen LogP contribution is -2.09. The molecule has 5 heteroatoms. The van der Waals surface area contributed by atoms with E-state index in [2.05, 4.69) is 15.4 Å². The molecule has 0 aliphatic heterocycles. The fraction of sp³-hybridized carbons (Fsp3) is 0.500. The van der Waals surface area contributed by atoms with Crippen LogP contribution in [0.25, 0.3) is 11.0 Å². The molecule has 1 aliphatic rings. The molecule has 0 spiro atoms. The predicted molar refractivity (Wildman–Crippen MR) is 70.3 cm³/mol. The van der Waals surface area contributed by atoms with Gasteiger partial charge in [0.25, 0.3) is 0 Å². The number of aromatic nitrogens is 3. The standard InChI is InChI=1S/C14H17N3O2/c18-14(8-10-3-1-2-4-10)19-9-11-5-6-12-13(7-11)16-17-15-12/h5-7,10H,1-4,8-9H2,(H,15,16,17). The first-order valence-corrected chi connectivity index (χ1v) is 6.76. The molecule has 0 radical (unpaired) electrons. The van der Waals surface area contributed by atoms with Crippen molar-refractivity contribution >= 4 is 17.0 Å². The zero-order chi connectivity index (χ0) is 13.1. The van der Waals surface area contributed by atoms with Gasteiger partial charge in [-0.05, 0) is 36.5 Å². The zero-order valence-corrected chi connectivity index (χ0v) is 10.8. The summed E-state index contributed by atoms with van der Waals surface area (Å²) in [6, 6.07) is 5.67. The number of hydrogen-bond donors (Lipinski definition) is 1. The molecule has 1 N–H and O–H groups in total. The number of H-pyrrole nitrogens is 1. The minimum absolute atomic E-state index is 0.0906. The van der Waals surface area contributed by atoms with Crippen LogP contribution in [0.15, 0.2) is 18.2 Å². The lowest BCUT2D eigenvalue weighted by atomic mass is 10.0. The molecule has 19 heavy (non-hydrogen) atoms. The second kappa shape index (κ2) is 5.38. The van der Waals surface area contributed by atoms with Gasteiger partial charge in [0.05, 0.1) is 0 Å². The summed E-state index contributed by atoms with van der Waals surface area (Å²) in [6.07, 6.45) is 5.40. The molecule has 0 atom stereocenters. The van der Waals surface area contributed by atoms with Gasteiger partial charge in [0.2, 0.25) is 0 Å². The lowest BCUT2D eigenvalue weighted by Gasteiger charge is -2.08. The van der Waals surface area contributed by atoms with Crippen LogP contribution in [0.1, 0.15) is 37.7 Å². The van der Waals surface area contributed by atoms with Gasteiger partial charge in [-0.15, -0.1) is 0 Å². The maximum atomic E-state index is 11.7. The van der Waals surface area contributed by atoms with Gasteiger partial charge in [0.15, 0.2) is 0 Å². The number of benzene rings is 1. The third-order valence-electron chi connectivity index (χ3n) is 3.71. The van der Waals surface area contributed by atoms with E-state index in [1.807, 2.05) is 18.2 Å². The first-order valence-electron chi connectivity index (χ1n) is 6.76. The maximum absolute atomic E-state index is 11.7. The number of nitrogens with zero attached hydrogens (tertiary/aromatic N) is 2. The smallest absolute Gasteiger partial charge is 0.306 e. The van der Waals surface area contributed by atoms with Gasteiger partial charge in [-0.25, -0.2) is 0 Å². The number of nitrogens with one attached hydrogen (secondary N) is 1. The zero-order valence-electron chi connectivity index (χ0n) is 10.8. The topological polar surface area (TPSA) is 67.9 Å². The number of carbonyl (C=O) groups excluding carboxylic acids is 1. The van der Waals surface area contributed by atoms with Crippen molar-refractivity contribution in [3.05, 3.63) is 23.8 Å². The summed E-state index contributed by atoms with van der Waals surface area (Å²) in [7, 11) is 0. The summed E-state index contributed by atoms with van der Waals surface area (Å²) >= 11 is 0. The Balaban J connectivity index is 1.54. The molecule has 1 fully saturated rings. The second-order valence-corrected chi connectivity index (χ2v) is 5.16. The molecule has 3 rings (SSSR count). The molecular weight excluding hydrogens is 242 g/mol. The Morgan fingerprint density at radius 3 is 2.89 bits per heavy atom. The number of aromatic amines is 1. The van der Waals surface area contributed by atoms with Crippen LogP contribution in [-0.4, -0.2) is 21.4 Å². The summed E-state index contributed by atoms with van der Waals surface area (Å²) in [5.74, 6) is 0.442. The number of hydrogen-bond acceptors (Lipinski definition) is 4. The largest absolute Gasteiger partial charge is 0.461 e. The summed E-state index contributed by atoms with van der Waals surface area (Å²) in [4.78, 5) is 11.7. The van der Waals surface area contributed by atoms with E-state index >= 15 is 0 Å². The third-order valence-corrected chi connectivity index (χ3v) is 3.71. The minimum Gasteiger partial charge on any atom is -0.461 e. The van der Waals surface area contributed by atoms with Gasteiger partial charge in [0, 0.05) is 6.42 Å². The van der Waals surface area contributed by atoms with E-state index in [1.54, 1.807) is 0 Å².